The Labute approximate surface area is 132 Å². The van der Waals surface area contributed by atoms with Crippen LogP contribution in [0.4, 0.5) is 5.82 Å². The molecule has 0 unspecified atom stereocenters. The van der Waals surface area contributed by atoms with Gasteiger partial charge in [0.2, 0.25) is 0 Å². The van der Waals surface area contributed by atoms with Crippen LogP contribution in [0.25, 0.3) is 11.3 Å². The molecule has 0 saturated heterocycles. The largest absolute Gasteiger partial charge is 0.383 e. The second-order valence-electron chi connectivity index (χ2n) is 5.24. The maximum Gasteiger partial charge on any atom is 0.132 e. The van der Waals surface area contributed by atoms with Crippen molar-refractivity contribution >= 4 is 33.3 Å². The lowest BCUT2D eigenvalue weighted by Gasteiger charge is -2.07. The van der Waals surface area contributed by atoms with Crippen molar-refractivity contribution in [3.8, 4) is 11.3 Å². The molecule has 20 heavy (non-hydrogen) atoms. The topological polar surface area (TPSA) is 43.8 Å². The van der Waals surface area contributed by atoms with E-state index in [9.17, 15) is 0 Å². The number of hydrogen-bond acceptors (Lipinski definition) is 2. The van der Waals surface area contributed by atoms with E-state index < -0.39 is 0 Å². The molecular weight excluding hydrogens is 338 g/mol. The lowest BCUT2D eigenvalue weighted by Crippen LogP contribution is -2.05. The fourth-order valence-corrected chi connectivity index (χ4v) is 3.28. The van der Waals surface area contributed by atoms with Crippen molar-refractivity contribution in [3.63, 3.8) is 0 Å². The lowest BCUT2D eigenvalue weighted by molar-refractivity contribution is 0.676. The Morgan fingerprint density at radius 3 is 2.80 bits per heavy atom. The number of nitrogens with two attached hydrogens (primary N) is 1. The van der Waals surface area contributed by atoms with Gasteiger partial charge < -0.3 is 10.3 Å². The molecule has 2 aromatic rings. The molecule has 0 aliphatic heterocycles. The number of nitrogens with zero attached hydrogens (tertiary/aromatic N) is 2. The summed E-state index contributed by atoms with van der Waals surface area (Å²) in [6.45, 7) is 2.16. The van der Waals surface area contributed by atoms with E-state index in [1.165, 1.54) is 12.8 Å². The number of hydrogen-bond donors (Lipinski definition) is 1. The molecule has 1 aromatic heterocycles. The second kappa shape index (κ2) is 5.41. The van der Waals surface area contributed by atoms with Gasteiger partial charge in [-0.15, -0.1) is 0 Å². The summed E-state index contributed by atoms with van der Waals surface area (Å²) >= 11 is 9.76. The minimum Gasteiger partial charge on any atom is -0.383 e. The fraction of sp³-hybridized carbons (Fsp3) is 0.400. The predicted molar refractivity (Wildman–Crippen MR) is 87.1 cm³/mol. The molecule has 2 N–H and O–H groups in total. The van der Waals surface area contributed by atoms with Gasteiger partial charge in [0.25, 0.3) is 0 Å². The van der Waals surface area contributed by atoms with Crippen LogP contribution in [0, 0.1) is 0 Å². The average Bonchev–Trinajstić information content (AvgIpc) is 3.17. The summed E-state index contributed by atoms with van der Waals surface area (Å²) in [7, 11) is 0. The molecule has 0 atom stereocenters. The molecule has 1 aromatic carbocycles. The Morgan fingerprint density at radius 1 is 1.45 bits per heavy atom. The molecule has 0 amide bonds. The third kappa shape index (κ3) is 2.47. The van der Waals surface area contributed by atoms with Crippen LogP contribution in [0.2, 0.25) is 5.02 Å². The Balaban J connectivity index is 2.11. The van der Waals surface area contributed by atoms with E-state index in [1.807, 2.05) is 18.2 Å². The molecule has 1 fully saturated rings. The molecule has 1 saturated carbocycles. The van der Waals surface area contributed by atoms with Crippen molar-refractivity contribution in [1.29, 1.82) is 0 Å². The Morgan fingerprint density at radius 2 is 2.20 bits per heavy atom. The average molecular weight is 355 g/mol. The lowest BCUT2D eigenvalue weighted by atomic mass is 10.1. The van der Waals surface area contributed by atoms with E-state index in [1.54, 1.807) is 0 Å². The maximum absolute atomic E-state index is 6.34. The summed E-state index contributed by atoms with van der Waals surface area (Å²) in [5, 5.41) is 0.676. The molecule has 0 spiro atoms. The van der Waals surface area contributed by atoms with Crippen LogP contribution in [0.5, 0.6) is 0 Å². The maximum atomic E-state index is 6.34. The second-order valence-corrected chi connectivity index (χ2v) is 6.56. The van der Waals surface area contributed by atoms with E-state index in [2.05, 4.69) is 27.4 Å². The van der Waals surface area contributed by atoms with Crippen LogP contribution in [0.3, 0.4) is 0 Å². The van der Waals surface area contributed by atoms with Gasteiger partial charge >= 0.3 is 0 Å². The van der Waals surface area contributed by atoms with Crippen molar-refractivity contribution in [2.45, 2.75) is 38.6 Å². The van der Waals surface area contributed by atoms with Crippen LogP contribution in [0.15, 0.2) is 22.7 Å². The SMILES string of the molecule is CCCc1nc(-c2ccc(Br)cc2Cl)c(N)n1C1CC1. The van der Waals surface area contributed by atoms with Crippen molar-refractivity contribution < 1.29 is 0 Å². The first-order chi connectivity index (χ1) is 9.61. The number of rotatable bonds is 4. The summed E-state index contributed by atoms with van der Waals surface area (Å²) in [4.78, 5) is 4.76. The molecular formula is C15H17BrClN3. The Hall–Kier alpha value is -1.00. The van der Waals surface area contributed by atoms with E-state index >= 15 is 0 Å². The normalized spacial score (nSPS) is 14.8. The zero-order valence-electron chi connectivity index (χ0n) is 11.4. The molecule has 5 heteroatoms. The third-order valence-electron chi connectivity index (χ3n) is 3.59. The van der Waals surface area contributed by atoms with Gasteiger partial charge in [0, 0.05) is 22.5 Å². The number of aromatic nitrogens is 2. The quantitative estimate of drug-likeness (QED) is 0.854. The smallest absolute Gasteiger partial charge is 0.132 e. The zero-order valence-corrected chi connectivity index (χ0v) is 13.7. The van der Waals surface area contributed by atoms with E-state index in [-0.39, 0.29) is 0 Å². The van der Waals surface area contributed by atoms with Gasteiger partial charge in [-0.1, -0.05) is 40.5 Å². The minimum atomic E-state index is 0.534. The van der Waals surface area contributed by atoms with Crippen LogP contribution < -0.4 is 5.73 Å². The first kappa shape index (κ1) is 14.0. The molecule has 3 rings (SSSR count). The summed E-state index contributed by atoms with van der Waals surface area (Å²) in [5.41, 5.74) is 8.07. The van der Waals surface area contributed by atoms with Gasteiger partial charge in [-0.25, -0.2) is 4.98 Å². The fourth-order valence-electron chi connectivity index (χ4n) is 2.51. The van der Waals surface area contributed by atoms with Crippen LogP contribution in [0.1, 0.15) is 38.1 Å². The van der Waals surface area contributed by atoms with Gasteiger partial charge in [-0.05, 0) is 31.4 Å². The van der Waals surface area contributed by atoms with Crippen LogP contribution in [-0.4, -0.2) is 9.55 Å². The molecule has 1 aliphatic rings. The number of anilines is 1. The predicted octanol–water partition coefficient (Wildman–Crippen LogP) is 4.84. The highest BCUT2D eigenvalue weighted by atomic mass is 79.9. The molecule has 1 heterocycles. The zero-order chi connectivity index (χ0) is 14.3. The monoisotopic (exact) mass is 353 g/mol. The van der Waals surface area contributed by atoms with Crippen molar-refractivity contribution in [3.05, 3.63) is 33.5 Å². The van der Waals surface area contributed by atoms with Crippen LogP contribution >= 0.6 is 27.5 Å². The molecule has 106 valence electrons. The summed E-state index contributed by atoms with van der Waals surface area (Å²) in [5.74, 6) is 1.83. The first-order valence-electron chi connectivity index (χ1n) is 6.93. The summed E-state index contributed by atoms with van der Waals surface area (Å²) in [6, 6.07) is 6.35. The molecule has 0 radical (unpaired) electrons. The molecule has 1 aliphatic carbocycles. The van der Waals surface area contributed by atoms with E-state index in [0.29, 0.717) is 11.1 Å². The van der Waals surface area contributed by atoms with E-state index in [0.717, 1.165) is 40.2 Å². The molecule has 3 nitrogen and oxygen atoms in total. The Bertz CT molecular complexity index is 647. The highest BCUT2D eigenvalue weighted by Crippen LogP contribution is 2.42. The molecule has 0 bridgehead atoms. The van der Waals surface area contributed by atoms with Crippen molar-refractivity contribution in [2.24, 2.45) is 0 Å². The highest BCUT2D eigenvalue weighted by Gasteiger charge is 2.30. The standard InChI is InChI=1S/C15H17BrClN3/c1-2-3-13-19-14(15(18)20(13)10-5-6-10)11-7-4-9(16)8-12(11)17/h4,7-8,10H,2-3,5-6,18H2,1H3. The number of aryl methyl sites for hydroxylation is 1. The van der Waals surface area contributed by atoms with Gasteiger partial charge in [0.1, 0.15) is 17.3 Å². The first-order valence-corrected chi connectivity index (χ1v) is 8.11. The summed E-state index contributed by atoms with van der Waals surface area (Å²) in [6.07, 6.45) is 4.42. The van der Waals surface area contributed by atoms with Gasteiger partial charge in [0.05, 0.1) is 5.02 Å². The Kier molecular flexibility index (Phi) is 3.78. The minimum absolute atomic E-state index is 0.534. The van der Waals surface area contributed by atoms with Gasteiger partial charge in [-0.2, -0.15) is 0 Å². The van der Waals surface area contributed by atoms with Crippen molar-refractivity contribution in [1.82, 2.24) is 9.55 Å². The third-order valence-corrected chi connectivity index (χ3v) is 4.40. The number of halogens is 2. The van der Waals surface area contributed by atoms with Gasteiger partial charge in [-0.3, -0.25) is 0 Å². The highest BCUT2D eigenvalue weighted by molar-refractivity contribution is 9.10. The number of benzene rings is 1. The van der Waals surface area contributed by atoms with E-state index in [4.69, 9.17) is 22.3 Å². The van der Waals surface area contributed by atoms with Gasteiger partial charge in [0.15, 0.2) is 0 Å². The van der Waals surface area contributed by atoms with Crippen molar-refractivity contribution in [2.75, 3.05) is 5.73 Å². The summed E-state index contributed by atoms with van der Waals surface area (Å²) < 4.78 is 3.16. The number of nitrogen functional groups attached to an aromatic ring is 1. The van der Waals surface area contributed by atoms with Crippen LogP contribution in [-0.2, 0) is 6.42 Å². The number of imidazole rings is 1.